The summed E-state index contributed by atoms with van der Waals surface area (Å²) in [7, 11) is 0. The second-order valence-electron chi connectivity index (χ2n) is 6.83. The number of hydrogen-bond acceptors (Lipinski definition) is 5. The van der Waals surface area contributed by atoms with Gasteiger partial charge >= 0.3 is 12.1 Å². The molecule has 2 amide bonds. The first-order chi connectivity index (χ1) is 14.0. The van der Waals surface area contributed by atoms with Crippen molar-refractivity contribution >= 4 is 23.6 Å². The number of Topliss-reactive ketones (excluding diaryl/α,β-unsaturated/α-hetero) is 1. The molecule has 164 valence electrons. The summed E-state index contributed by atoms with van der Waals surface area (Å²) in [6, 6.07) is 4.73. The highest BCUT2D eigenvalue weighted by Crippen LogP contribution is 2.24. The van der Waals surface area contributed by atoms with Crippen LogP contribution in [0.3, 0.4) is 0 Å². The third kappa shape index (κ3) is 6.46. The number of amides is 2. The van der Waals surface area contributed by atoms with Gasteiger partial charge in [0.15, 0.2) is 11.7 Å². The minimum absolute atomic E-state index is 0.0471. The molecule has 1 aromatic rings. The molecular weight excluding hydrogens is 409 g/mol. The Hall–Kier alpha value is -3.11. The highest BCUT2D eigenvalue weighted by molar-refractivity contribution is 6.19. The summed E-state index contributed by atoms with van der Waals surface area (Å²) < 4.78 is 41.8. The number of carboxylic acids is 1. The van der Waals surface area contributed by atoms with Crippen molar-refractivity contribution in [3.05, 3.63) is 29.3 Å². The van der Waals surface area contributed by atoms with Crippen LogP contribution < -0.4 is 10.1 Å². The van der Waals surface area contributed by atoms with Crippen LogP contribution in [0.1, 0.15) is 24.0 Å². The summed E-state index contributed by atoms with van der Waals surface area (Å²) in [5.74, 6) is -4.87. The fourth-order valence-corrected chi connectivity index (χ4v) is 2.97. The molecule has 1 heterocycles. The van der Waals surface area contributed by atoms with E-state index in [0.717, 1.165) is 0 Å². The van der Waals surface area contributed by atoms with Crippen LogP contribution in [0.2, 0.25) is 0 Å². The van der Waals surface area contributed by atoms with Gasteiger partial charge in [-0.2, -0.15) is 13.2 Å². The molecule has 0 aromatic heterocycles. The molecule has 0 aliphatic carbocycles. The molecule has 1 aliphatic heterocycles. The quantitative estimate of drug-likeness (QED) is 0.604. The number of likely N-dealkylation sites (tertiary alicyclic amines) is 1. The Morgan fingerprint density at radius 2 is 2.00 bits per heavy atom. The molecule has 11 heteroatoms. The van der Waals surface area contributed by atoms with E-state index in [2.05, 4.69) is 0 Å². The molecule has 1 saturated heterocycles. The minimum atomic E-state index is -4.31. The standard InChI is InChI=1S/C19H21F3N2O6/c1-11-8-12(2-3-14(11)30-7-5-19(20,21)22)10-24-6-4-13(25)16(18(24)29)17(28)23-9-15(26)27/h2-3,8,16H,4-7,9-10H2,1H3,(H,23,28)(H,26,27). The predicted molar refractivity (Wildman–Crippen MR) is 96.5 cm³/mol. The number of benzene rings is 1. The number of carbonyl (C=O) groups excluding carboxylic acids is 3. The molecule has 0 bridgehead atoms. The van der Waals surface area contributed by atoms with Gasteiger partial charge in [-0.3, -0.25) is 19.2 Å². The molecule has 0 saturated carbocycles. The number of hydrogen-bond donors (Lipinski definition) is 2. The highest BCUT2D eigenvalue weighted by Gasteiger charge is 2.40. The average Bonchev–Trinajstić information content (AvgIpc) is 2.63. The summed E-state index contributed by atoms with van der Waals surface area (Å²) in [5.41, 5.74) is 1.22. The largest absolute Gasteiger partial charge is 0.493 e. The summed E-state index contributed by atoms with van der Waals surface area (Å²) in [4.78, 5) is 48.5. The molecule has 1 unspecified atom stereocenters. The lowest BCUT2D eigenvalue weighted by Gasteiger charge is -2.31. The van der Waals surface area contributed by atoms with Crippen molar-refractivity contribution in [3.63, 3.8) is 0 Å². The van der Waals surface area contributed by atoms with Crippen LogP contribution in [0.5, 0.6) is 5.75 Å². The van der Waals surface area contributed by atoms with E-state index in [1.165, 1.54) is 11.0 Å². The second-order valence-corrected chi connectivity index (χ2v) is 6.83. The second kappa shape index (κ2) is 9.59. The zero-order valence-electron chi connectivity index (χ0n) is 16.1. The van der Waals surface area contributed by atoms with E-state index in [0.29, 0.717) is 11.1 Å². The number of rotatable bonds is 8. The lowest BCUT2D eigenvalue weighted by Crippen LogP contribution is -2.52. The number of ketones is 1. The normalized spacial score (nSPS) is 17.1. The summed E-state index contributed by atoms with van der Waals surface area (Å²) in [5, 5.41) is 10.7. The fourth-order valence-electron chi connectivity index (χ4n) is 2.97. The van der Waals surface area contributed by atoms with Crippen LogP contribution in [0, 0.1) is 12.8 Å². The molecule has 1 aliphatic rings. The van der Waals surface area contributed by atoms with E-state index in [-0.39, 0.29) is 25.3 Å². The Balaban J connectivity index is 2.02. The van der Waals surface area contributed by atoms with E-state index >= 15 is 0 Å². The van der Waals surface area contributed by atoms with Gasteiger partial charge in [0, 0.05) is 19.5 Å². The van der Waals surface area contributed by atoms with E-state index < -0.39 is 55.2 Å². The number of nitrogens with zero attached hydrogens (tertiary/aromatic N) is 1. The average molecular weight is 430 g/mol. The molecule has 1 atom stereocenters. The maximum Gasteiger partial charge on any atom is 0.392 e. The summed E-state index contributed by atoms with van der Waals surface area (Å²) in [6.45, 7) is 0.617. The van der Waals surface area contributed by atoms with Crippen LogP contribution in [0.25, 0.3) is 0 Å². The van der Waals surface area contributed by atoms with Crippen LogP contribution >= 0.6 is 0 Å². The molecule has 2 rings (SSSR count). The molecule has 30 heavy (non-hydrogen) atoms. The lowest BCUT2D eigenvalue weighted by molar-refractivity contribution is -0.152. The van der Waals surface area contributed by atoms with Gasteiger partial charge in [-0.1, -0.05) is 12.1 Å². The fraction of sp³-hybridized carbons (Fsp3) is 0.474. The Bertz CT molecular complexity index is 840. The van der Waals surface area contributed by atoms with Crippen molar-refractivity contribution in [3.8, 4) is 5.75 Å². The molecule has 0 radical (unpaired) electrons. The molecule has 8 nitrogen and oxygen atoms in total. The van der Waals surface area contributed by atoms with Crippen molar-refractivity contribution in [2.24, 2.45) is 5.92 Å². The van der Waals surface area contributed by atoms with Crippen molar-refractivity contribution < 1.29 is 42.2 Å². The number of alkyl halides is 3. The number of piperidine rings is 1. The number of halogens is 3. The first kappa shape index (κ1) is 23.2. The Morgan fingerprint density at radius 1 is 1.30 bits per heavy atom. The van der Waals surface area contributed by atoms with Crippen LogP contribution in [0.15, 0.2) is 18.2 Å². The number of aliphatic carboxylic acids is 1. The number of ether oxygens (including phenoxy) is 1. The van der Waals surface area contributed by atoms with Crippen LogP contribution in [-0.4, -0.2) is 59.4 Å². The zero-order chi connectivity index (χ0) is 22.5. The van der Waals surface area contributed by atoms with Gasteiger partial charge in [-0.05, 0) is 24.1 Å². The Labute approximate surface area is 170 Å². The number of carboxylic acid groups (broad SMARTS) is 1. The van der Waals surface area contributed by atoms with Gasteiger partial charge in [0.05, 0.1) is 13.0 Å². The van der Waals surface area contributed by atoms with Crippen LogP contribution in [-0.2, 0) is 25.7 Å². The summed E-state index contributed by atoms with van der Waals surface area (Å²) >= 11 is 0. The van der Waals surface area contributed by atoms with E-state index in [4.69, 9.17) is 9.84 Å². The molecular formula is C19H21F3N2O6. The topological polar surface area (TPSA) is 113 Å². The van der Waals surface area contributed by atoms with Crippen molar-refractivity contribution in [1.29, 1.82) is 0 Å². The SMILES string of the molecule is Cc1cc(CN2CCC(=O)C(C(=O)NCC(=O)O)C2=O)ccc1OCCC(F)(F)F. The monoisotopic (exact) mass is 430 g/mol. The number of aryl methyl sites for hydroxylation is 1. The Morgan fingerprint density at radius 3 is 2.60 bits per heavy atom. The van der Waals surface area contributed by atoms with Crippen molar-refractivity contribution in [1.82, 2.24) is 10.2 Å². The highest BCUT2D eigenvalue weighted by atomic mass is 19.4. The molecule has 2 N–H and O–H groups in total. The molecule has 1 fully saturated rings. The molecule has 0 spiro atoms. The Kier molecular flexibility index (Phi) is 7.41. The maximum atomic E-state index is 12.6. The van der Waals surface area contributed by atoms with Crippen LogP contribution in [0.4, 0.5) is 13.2 Å². The van der Waals surface area contributed by atoms with Crippen molar-refractivity contribution in [2.75, 3.05) is 19.7 Å². The van der Waals surface area contributed by atoms with Gasteiger partial charge in [-0.15, -0.1) is 0 Å². The summed E-state index contributed by atoms with van der Waals surface area (Å²) in [6.07, 6.45) is -5.43. The first-order valence-electron chi connectivity index (χ1n) is 9.08. The zero-order valence-corrected chi connectivity index (χ0v) is 16.1. The lowest BCUT2D eigenvalue weighted by atomic mass is 9.94. The van der Waals surface area contributed by atoms with Gasteiger partial charge in [0.2, 0.25) is 11.8 Å². The van der Waals surface area contributed by atoms with E-state index in [1.54, 1.807) is 19.1 Å². The number of carbonyl (C=O) groups is 4. The number of nitrogens with one attached hydrogen (secondary N) is 1. The van der Waals surface area contributed by atoms with Gasteiger partial charge < -0.3 is 20.1 Å². The first-order valence-corrected chi connectivity index (χ1v) is 9.08. The third-order valence-corrected chi connectivity index (χ3v) is 4.44. The van der Waals surface area contributed by atoms with E-state index in [9.17, 15) is 32.3 Å². The molecule has 1 aromatic carbocycles. The predicted octanol–water partition coefficient (Wildman–Crippen LogP) is 1.44. The van der Waals surface area contributed by atoms with Crippen molar-refractivity contribution in [2.45, 2.75) is 32.5 Å². The smallest absolute Gasteiger partial charge is 0.392 e. The van der Waals surface area contributed by atoms with E-state index in [1.807, 2.05) is 5.32 Å². The van der Waals surface area contributed by atoms with Gasteiger partial charge in [-0.25, -0.2) is 0 Å². The minimum Gasteiger partial charge on any atom is -0.493 e. The van der Waals surface area contributed by atoms with Gasteiger partial charge in [0.25, 0.3) is 0 Å². The maximum absolute atomic E-state index is 12.6. The third-order valence-electron chi connectivity index (χ3n) is 4.44. The van der Waals surface area contributed by atoms with Gasteiger partial charge in [0.1, 0.15) is 12.3 Å².